The summed E-state index contributed by atoms with van der Waals surface area (Å²) in [7, 11) is 1.41. The molecule has 2 heterocycles. The number of methoxy groups -OCH3 is 1. The number of aromatic amines is 1. The maximum absolute atomic E-state index is 11.6. The summed E-state index contributed by atoms with van der Waals surface area (Å²) in [4.78, 5) is 15.0. The van der Waals surface area contributed by atoms with Crippen molar-refractivity contribution in [2.75, 3.05) is 13.7 Å². The molecule has 5 nitrogen and oxygen atoms in total. The highest BCUT2D eigenvalue weighted by molar-refractivity contribution is 5.96. The number of furan rings is 1. The van der Waals surface area contributed by atoms with Crippen LogP contribution in [0.1, 0.15) is 30.2 Å². The first-order chi connectivity index (χ1) is 17.2. The van der Waals surface area contributed by atoms with Crippen molar-refractivity contribution in [3.63, 3.8) is 0 Å². The van der Waals surface area contributed by atoms with E-state index in [1.807, 2.05) is 42.7 Å². The van der Waals surface area contributed by atoms with Crippen LogP contribution >= 0.6 is 0 Å². The van der Waals surface area contributed by atoms with Gasteiger partial charge in [0, 0.05) is 34.1 Å². The van der Waals surface area contributed by atoms with E-state index in [2.05, 4.69) is 42.2 Å². The van der Waals surface area contributed by atoms with Gasteiger partial charge in [-0.3, -0.25) is 4.79 Å². The maximum atomic E-state index is 11.6. The minimum absolute atomic E-state index is 0.235. The summed E-state index contributed by atoms with van der Waals surface area (Å²) < 4.78 is 17.1. The molecule has 1 N–H and O–H groups in total. The highest BCUT2D eigenvalue weighted by Gasteiger charge is 2.16. The molecule has 0 saturated carbocycles. The summed E-state index contributed by atoms with van der Waals surface area (Å²) >= 11 is 0. The molecule has 5 heteroatoms. The first-order valence-corrected chi connectivity index (χ1v) is 12.0. The van der Waals surface area contributed by atoms with Gasteiger partial charge in [0.25, 0.3) is 0 Å². The van der Waals surface area contributed by atoms with Crippen LogP contribution in [-0.2, 0) is 28.8 Å². The Hall–Kier alpha value is -3.99. The highest BCUT2D eigenvalue weighted by Crippen LogP contribution is 2.37. The van der Waals surface area contributed by atoms with Crippen molar-refractivity contribution in [3.05, 3.63) is 89.8 Å². The molecule has 3 aromatic carbocycles. The molecule has 2 aromatic heterocycles. The maximum Gasteiger partial charge on any atom is 0.309 e. The molecule has 0 spiro atoms. The zero-order chi connectivity index (χ0) is 24.2. The fraction of sp³-hybridized carbons (Fsp3) is 0.233. The van der Waals surface area contributed by atoms with Crippen molar-refractivity contribution in [1.82, 2.24) is 4.98 Å². The molecule has 5 aromatic rings. The van der Waals surface area contributed by atoms with Gasteiger partial charge in [-0.15, -0.1) is 0 Å². The van der Waals surface area contributed by atoms with Gasteiger partial charge in [-0.05, 0) is 53.3 Å². The summed E-state index contributed by atoms with van der Waals surface area (Å²) in [6.45, 7) is 2.72. The molecular formula is C30H29NO4. The summed E-state index contributed by atoms with van der Waals surface area (Å²) in [5.74, 6) is 0.644. The lowest BCUT2D eigenvalue weighted by Crippen LogP contribution is -2.04. The van der Waals surface area contributed by atoms with Crippen LogP contribution in [0.3, 0.4) is 0 Å². The van der Waals surface area contributed by atoms with E-state index in [1.54, 1.807) is 0 Å². The van der Waals surface area contributed by atoms with Crippen LogP contribution in [0.2, 0.25) is 0 Å². The third-order valence-electron chi connectivity index (χ3n) is 6.33. The van der Waals surface area contributed by atoms with Crippen LogP contribution in [-0.4, -0.2) is 24.7 Å². The van der Waals surface area contributed by atoms with Gasteiger partial charge in [0.2, 0.25) is 0 Å². The molecule has 0 fully saturated rings. The number of esters is 1. The lowest BCUT2D eigenvalue weighted by Gasteiger charge is -2.12. The van der Waals surface area contributed by atoms with E-state index in [1.165, 1.54) is 7.11 Å². The monoisotopic (exact) mass is 467 g/mol. The molecule has 178 valence electrons. The number of fused-ring (bicyclic) bond motifs is 2. The van der Waals surface area contributed by atoms with Gasteiger partial charge >= 0.3 is 5.97 Å². The van der Waals surface area contributed by atoms with E-state index in [9.17, 15) is 4.79 Å². The molecule has 0 aliphatic rings. The predicted molar refractivity (Wildman–Crippen MR) is 139 cm³/mol. The Morgan fingerprint density at radius 2 is 1.86 bits per heavy atom. The van der Waals surface area contributed by atoms with Crippen molar-refractivity contribution in [1.29, 1.82) is 0 Å². The number of carbonyl (C=O) groups excluding carboxylic acids is 1. The molecule has 35 heavy (non-hydrogen) atoms. The number of rotatable bonds is 9. The van der Waals surface area contributed by atoms with Crippen molar-refractivity contribution in [3.8, 4) is 16.9 Å². The summed E-state index contributed by atoms with van der Waals surface area (Å²) in [6, 6.07) is 22.6. The van der Waals surface area contributed by atoms with Crippen LogP contribution in [0.15, 0.2) is 77.4 Å². The minimum Gasteiger partial charge on any atom is -0.493 e. The van der Waals surface area contributed by atoms with E-state index >= 15 is 0 Å². The van der Waals surface area contributed by atoms with Gasteiger partial charge in [-0.1, -0.05) is 49.7 Å². The molecule has 0 amide bonds. The lowest BCUT2D eigenvalue weighted by molar-refractivity contribution is -0.139. The number of H-pyrrole nitrogens is 1. The molecule has 0 bridgehead atoms. The van der Waals surface area contributed by atoms with Gasteiger partial charge in [-0.2, -0.15) is 0 Å². The zero-order valence-corrected chi connectivity index (χ0v) is 20.1. The van der Waals surface area contributed by atoms with E-state index < -0.39 is 0 Å². The van der Waals surface area contributed by atoms with E-state index in [0.29, 0.717) is 6.61 Å². The molecule has 0 atom stereocenters. The fourth-order valence-electron chi connectivity index (χ4n) is 4.60. The number of hydrogen-bond donors (Lipinski definition) is 1. The Morgan fingerprint density at radius 1 is 1.00 bits per heavy atom. The second kappa shape index (κ2) is 10.1. The summed E-state index contributed by atoms with van der Waals surface area (Å²) in [5.41, 5.74) is 7.37. The Kier molecular flexibility index (Phi) is 6.57. The summed E-state index contributed by atoms with van der Waals surface area (Å²) in [6.07, 6.45) is 4.77. The number of carbonyl (C=O) groups is 1. The summed E-state index contributed by atoms with van der Waals surface area (Å²) in [5, 5.41) is 2.20. The molecule has 0 aliphatic carbocycles. The number of hydrogen-bond acceptors (Lipinski definition) is 4. The van der Waals surface area contributed by atoms with Crippen LogP contribution in [0.4, 0.5) is 0 Å². The number of benzene rings is 3. The second-order valence-electron chi connectivity index (χ2n) is 8.75. The van der Waals surface area contributed by atoms with E-state index in [0.717, 1.165) is 74.8 Å². The topological polar surface area (TPSA) is 64.5 Å². The molecular weight excluding hydrogens is 438 g/mol. The van der Waals surface area contributed by atoms with Crippen LogP contribution < -0.4 is 4.74 Å². The van der Waals surface area contributed by atoms with Crippen LogP contribution in [0.5, 0.6) is 5.75 Å². The largest absolute Gasteiger partial charge is 0.493 e. The van der Waals surface area contributed by atoms with Gasteiger partial charge in [0.05, 0.1) is 26.4 Å². The molecule has 0 saturated heterocycles. The normalized spacial score (nSPS) is 11.3. The molecule has 0 unspecified atom stereocenters. The van der Waals surface area contributed by atoms with Crippen molar-refractivity contribution >= 4 is 27.8 Å². The highest BCUT2D eigenvalue weighted by atomic mass is 16.5. The van der Waals surface area contributed by atoms with E-state index in [-0.39, 0.29) is 12.4 Å². The average molecular weight is 468 g/mol. The number of ether oxygens (including phenoxy) is 2. The quantitative estimate of drug-likeness (QED) is 0.240. The zero-order valence-electron chi connectivity index (χ0n) is 20.1. The minimum atomic E-state index is -0.235. The number of nitrogens with one attached hydrogen (secondary N) is 1. The first kappa shape index (κ1) is 22.8. The first-order valence-electron chi connectivity index (χ1n) is 12.0. The Morgan fingerprint density at radius 3 is 2.66 bits per heavy atom. The van der Waals surface area contributed by atoms with E-state index in [4.69, 9.17) is 13.9 Å². The molecule has 0 radical (unpaired) electrons. The van der Waals surface area contributed by atoms with Gasteiger partial charge in [0.15, 0.2) is 0 Å². The fourth-order valence-corrected chi connectivity index (χ4v) is 4.60. The van der Waals surface area contributed by atoms with Crippen molar-refractivity contribution in [2.24, 2.45) is 0 Å². The Bertz CT molecular complexity index is 1460. The Balaban J connectivity index is 1.33. The van der Waals surface area contributed by atoms with Crippen molar-refractivity contribution in [2.45, 2.75) is 32.6 Å². The smallest absolute Gasteiger partial charge is 0.309 e. The number of aromatic nitrogens is 1. The number of aryl methyl sites for hydroxylation is 1. The third-order valence-corrected chi connectivity index (χ3v) is 6.33. The van der Waals surface area contributed by atoms with Crippen LogP contribution in [0.25, 0.3) is 33.0 Å². The standard InChI is InChI=1S/C30H29NO4/c1-3-7-25-28(13-11-24-26(19-35-30(24)25)21-8-5-4-6-9-21)34-15-14-23-18-22-16-20(17-29(32)33-2)10-12-27(22)31-23/h4-6,8-13,16,18-19,31H,3,7,14-15,17H2,1-2H3. The lowest BCUT2D eigenvalue weighted by atomic mass is 10.0. The Labute approximate surface area is 204 Å². The van der Waals surface area contributed by atoms with Gasteiger partial charge in [-0.25, -0.2) is 0 Å². The van der Waals surface area contributed by atoms with Gasteiger partial charge < -0.3 is 18.9 Å². The van der Waals surface area contributed by atoms with Crippen molar-refractivity contribution < 1.29 is 18.7 Å². The van der Waals surface area contributed by atoms with Gasteiger partial charge in [0.1, 0.15) is 11.3 Å². The molecule has 0 aliphatic heterocycles. The predicted octanol–water partition coefficient (Wildman–Crippen LogP) is 6.87. The third kappa shape index (κ3) is 4.80. The average Bonchev–Trinajstić information content (AvgIpc) is 3.49. The van der Waals surface area contributed by atoms with Crippen LogP contribution in [0, 0.1) is 0 Å². The molecule has 5 rings (SSSR count). The second-order valence-corrected chi connectivity index (χ2v) is 8.75. The SMILES string of the molecule is CCCc1c(OCCc2cc3cc(CC(=O)OC)ccc3[nH]2)ccc2c(-c3ccccc3)coc12.